The van der Waals surface area contributed by atoms with E-state index in [1.807, 2.05) is 0 Å². The smallest absolute Gasteiger partial charge is 0.0178 e. The highest BCUT2D eigenvalue weighted by molar-refractivity contribution is 5.85. The molecule has 1 rings (SSSR count). The maximum Gasteiger partial charge on any atom is 0.0178 e. The van der Waals surface area contributed by atoms with Gasteiger partial charge in [-0.05, 0) is 24.5 Å². The van der Waals surface area contributed by atoms with Gasteiger partial charge in [0.05, 0.1) is 0 Å². The Morgan fingerprint density at radius 1 is 1.17 bits per heavy atom. The van der Waals surface area contributed by atoms with E-state index in [1.165, 1.54) is 16.7 Å². The van der Waals surface area contributed by atoms with Crippen molar-refractivity contribution in [3.05, 3.63) is 34.9 Å². The van der Waals surface area contributed by atoms with Crippen LogP contribution < -0.4 is 5.73 Å². The van der Waals surface area contributed by atoms with E-state index in [-0.39, 0.29) is 12.4 Å². The van der Waals surface area contributed by atoms with Gasteiger partial charge in [0.1, 0.15) is 0 Å². The summed E-state index contributed by atoms with van der Waals surface area (Å²) < 4.78 is 0. The normalized spacial score (nSPS) is 9.25. The van der Waals surface area contributed by atoms with Gasteiger partial charge in [-0.2, -0.15) is 0 Å². The Kier molecular flexibility index (Phi) is 4.95. The van der Waals surface area contributed by atoms with E-state index in [4.69, 9.17) is 5.73 Å². The third-order valence-corrected chi connectivity index (χ3v) is 1.84. The van der Waals surface area contributed by atoms with Gasteiger partial charge in [0, 0.05) is 6.54 Å². The van der Waals surface area contributed by atoms with Crippen molar-refractivity contribution in [3.63, 3.8) is 0 Å². The van der Waals surface area contributed by atoms with Crippen LogP contribution in [0.15, 0.2) is 18.2 Å². The summed E-state index contributed by atoms with van der Waals surface area (Å²) in [7, 11) is 0. The molecule has 0 radical (unpaired) electrons. The van der Waals surface area contributed by atoms with Crippen molar-refractivity contribution >= 4 is 12.4 Å². The lowest BCUT2D eigenvalue weighted by Gasteiger charge is -2.02. The molecular formula is C10H16ClN. The minimum atomic E-state index is 0. The first-order chi connectivity index (χ1) is 5.26. The molecule has 0 aliphatic heterocycles. The summed E-state index contributed by atoms with van der Waals surface area (Å²) in [4.78, 5) is 0. The molecule has 2 N–H and O–H groups in total. The SMILES string of the molecule is CCc1cc(C)cc(CN)c1.Cl. The second-order valence-electron chi connectivity index (χ2n) is 2.88. The van der Waals surface area contributed by atoms with E-state index in [2.05, 4.69) is 32.0 Å². The zero-order chi connectivity index (χ0) is 8.27. The highest BCUT2D eigenvalue weighted by Crippen LogP contribution is 2.09. The van der Waals surface area contributed by atoms with E-state index < -0.39 is 0 Å². The number of halogens is 1. The molecule has 12 heavy (non-hydrogen) atoms. The third-order valence-electron chi connectivity index (χ3n) is 1.84. The van der Waals surface area contributed by atoms with Crippen molar-refractivity contribution in [2.45, 2.75) is 26.8 Å². The molecule has 0 bridgehead atoms. The van der Waals surface area contributed by atoms with Crippen LogP contribution in [0.4, 0.5) is 0 Å². The lowest BCUT2D eigenvalue weighted by atomic mass is 10.1. The van der Waals surface area contributed by atoms with Crippen LogP contribution >= 0.6 is 12.4 Å². The van der Waals surface area contributed by atoms with Gasteiger partial charge in [0.25, 0.3) is 0 Å². The number of rotatable bonds is 2. The minimum Gasteiger partial charge on any atom is -0.326 e. The molecule has 0 saturated heterocycles. The number of benzene rings is 1. The van der Waals surface area contributed by atoms with E-state index in [0.29, 0.717) is 6.54 Å². The predicted molar refractivity (Wildman–Crippen MR) is 55.7 cm³/mol. The molecule has 0 spiro atoms. The summed E-state index contributed by atoms with van der Waals surface area (Å²) in [6.07, 6.45) is 1.09. The van der Waals surface area contributed by atoms with Gasteiger partial charge in [0.2, 0.25) is 0 Å². The summed E-state index contributed by atoms with van der Waals surface area (Å²) in [5.41, 5.74) is 9.47. The van der Waals surface area contributed by atoms with Gasteiger partial charge in [-0.15, -0.1) is 12.4 Å². The first kappa shape index (κ1) is 11.5. The Morgan fingerprint density at radius 3 is 2.25 bits per heavy atom. The van der Waals surface area contributed by atoms with Gasteiger partial charge >= 0.3 is 0 Å². The molecule has 0 amide bonds. The number of nitrogens with two attached hydrogens (primary N) is 1. The first-order valence-electron chi connectivity index (χ1n) is 4.05. The van der Waals surface area contributed by atoms with Crippen LogP contribution in [0.25, 0.3) is 0 Å². The van der Waals surface area contributed by atoms with Crippen molar-refractivity contribution in [1.29, 1.82) is 0 Å². The molecule has 0 fully saturated rings. The molecule has 1 aromatic carbocycles. The maximum atomic E-state index is 5.54. The summed E-state index contributed by atoms with van der Waals surface area (Å²) in [6, 6.07) is 6.52. The van der Waals surface area contributed by atoms with Crippen molar-refractivity contribution < 1.29 is 0 Å². The predicted octanol–water partition coefficient (Wildman–Crippen LogP) is 2.44. The van der Waals surface area contributed by atoms with Crippen LogP contribution in [-0.2, 0) is 13.0 Å². The quantitative estimate of drug-likeness (QED) is 0.753. The monoisotopic (exact) mass is 185 g/mol. The molecule has 0 unspecified atom stereocenters. The Morgan fingerprint density at radius 2 is 1.75 bits per heavy atom. The lowest BCUT2D eigenvalue weighted by Crippen LogP contribution is -1.97. The second-order valence-corrected chi connectivity index (χ2v) is 2.88. The van der Waals surface area contributed by atoms with Crippen LogP contribution in [0.1, 0.15) is 23.6 Å². The molecule has 68 valence electrons. The Bertz CT molecular complexity index is 223. The minimum absolute atomic E-state index is 0. The van der Waals surface area contributed by atoms with Crippen molar-refractivity contribution in [3.8, 4) is 0 Å². The molecule has 0 aliphatic carbocycles. The van der Waals surface area contributed by atoms with Crippen molar-refractivity contribution in [1.82, 2.24) is 0 Å². The molecule has 0 aliphatic rings. The highest BCUT2D eigenvalue weighted by atomic mass is 35.5. The molecular weight excluding hydrogens is 170 g/mol. The average molecular weight is 186 g/mol. The fourth-order valence-corrected chi connectivity index (χ4v) is 1.27. The van der Waals surface area contributed by atoms with E-state index in [0.717, 1.165) is 6.42 Å². The molecule has 2 heteroatoms. The Labute approximate surface area is 80.4 Å². The summed E-state index contributed by atoms with van der Waals surface area (Å²) in [6.45, 7) is 4.92. The number of hydrogen-bond acceptors (Lipinski definition) is 1. The third kappa shape index (κ3) is 2.84. The largest absolute Gasteiger partial charge is 0.326 e. The lowest BCUT2D eigenvalue weighted by molar-refractivity contribution is 1.04. The number of aryl methyl sites for hydroxylation is 2. The topological polar surface area (TPSA) is 26.0 Å². The van der Waals surface area contributed by atoms with Gasteiger partial charge < -0.3 is 5.73 Å². The molecule has 0 saturated carbocycles. The van der Waals surface area contributed by atoms with Gasteiger partial charge in [0.15, 0.2) is 0 Å². The average Bonchev–Trinajstić information content (AvgIpc) is 2.03. The Balaban J connectivity index is 0.00000121. The van der Waals surface area contributed by atoms with Gasteiger partial charge in [-0.1, -0.05) is 30.7 Å². The standard InChI is InChI=1S/C10H15N.ClH/c1-3-9-4-8(2)5-10(6-9)7-11;/h4-6H,3,7,11H2,1-2H3;1H. The summed E-state index contributed by atoms with van der Waals surface area (Å²) >= 11 is 0. The fourth-order valence-electron chi connectivity index (χ4n) is 1.27. The van der Waals surface area contributed by atoms with E-state index in [1.54, 1.807) is 0 Å². The first-order valence-corrected chi connectivity index (χ1v) is 4.05. The highest BCUT2D eigenvalue weighted by Gasteiger charge is 1.94. The van der Waals surface area contributed by atoms with Crippen molar-refractivity contribution in [2.75, 3.05) is 0 Å². The van der Waals surface area contributed by atoms with E-state index >= 15 is 0 Å². The number of hydrogen-bond donors (Lipinski definition) is 1. The van der Waals surface area contributed by atoms with Gasteiger partial charge in [-0.25, -0.2) is 0 Å². The zero-order valence-corrected chi connectivity index (χ0v) is 8.45. The molecule has 0 atom stereocenters. The van der Waals surface area contributed by atoms with Gasteiger partial charge in [-0.3, -0.25) is 0 Å². The molecule has 0 heterocycles. The second kappa shape index (κ2) is 5.18. The van der Waals surface area contributed by atoms with Crippen LogP contribution in [0.2, 0.25) is 0 Å². The summed E-state index contributed by atoms with van der Waals surface area (Å²) in [5, 5.41) is 0. The van der Waals surface area contributed by atoms with Crippen LogP contribution in [0.3, 0.4) is 0 Å². The Hall–Kier alpha value is -0.530. The zero-order valence-electron chi connectivity index (χ0n) is 7.63. The van der Waals surface area contributed by atoms with Crippen LogP contribution in [0, 0.1) is 6.92 Å². The van der Waals surface area contributed by atoms with Crippen LogP contribution in [-0.4, -0.2) is 0 Å². The fraction of sp³-hybridized carbons (Fsp3) is 0.400. The van der Waals surface area contributed by atoms with E-state index in [9.17, 15) is 0 Å². The molecule has 1 nitrogen and oxygen atoms in total. The molecule has 1 aromatic rings. The van der Waals surface area contributed by atoms with Crippen molar-refractivity contribution in [2.24, 2.45) is 5.73 Å². The maximum absolute atomic E-state index is 5.54. The summed E-state index contributed by atoms with van der Waals surface area (Å²) in [5.74, 6) is 0. The van der Waals surface area contributed by atoms with Crippen LogP contribution in [0.5, 0.6) is 0 Å². The molecule has 0 aromatic heterocycles.